The number of nitrogens with zero attached hydrogens (tertiary/aromatic N) is 1. The number of nitro groups is 1. The molecule has 0 radical (unpaired) electrons. The largest absolute Gasteiger partial charge is 0.396 e. The van der Waals surface area contributed by atoms with E-state index in [1.54, 1.807) is 0 Å². The maximum absolute atomic E-state index is 12.3. The smallest absolute Gasteiger partial charge is 0.283 e. The van der Waals surface area contributed by atoms with Gasteiger partial charge in [0.1, 0.15) is 5.56 Å². The normalized spacial score (nSPS) is 12.8. The van der Waals surface area contributed by atoms with Gasteiger partial charge in [-0.25, -0.2) is 0 Å². The quantitative estimate of drug-likeness (QED) is 0.645. The third kappa shape index (κ3) is 4.41. The lowest BCUT2D eigenvalue weighted by Crippen LogP contribution is -2.44. The molecule has 0 spiro atoms. The number of nitro benzene ring substituents is 1. The van der Waals surface area contributed by atoms with Crippen molar-refractivity contribution in [3.05, 3.63) is 38.9 Å². The molecule has 0 heterocycles. The third-order valence-electron chi connectivity index (χ3n) is 3.18. The van der Waals surface area contributed by atoms with Crippen molar-refractivity contribution in [2.75, 3.05) is 6.61 Å². The summed E-state index contributed by atoms with van der Waals surface area (Å²) in [7, 11) is 0. The van der Waals surface area contributed by atoms with E-state index in [4.69, 9.17) is 16.7 Å². The SMILES string of the molecule is CC(C)(C)C(CCO)NC(=O)c1c(Cl)cccc1[N+](=O)[O-]. The first-order chi connectivity index (χ1) is 9.68. The van der Waals surface area contributed by atoms with Crippen molar-refractivity contribution >= 4 is 23.2 Å². The fourth-order valence-corrected chi connectivity index (χ4v) is 2.23. The highest BCUT2D eigenvalue weighted by molar-refractivity contribution is 6.34. The Morgan fingerprint density at radius 2 is 2.10 bits per heavy atom. The number of halogens is 1. The van der Waals surface area contributed by atoms with Crippen LogP contribution in [0.15, 0.2) is 18.2 Å². The molecule has 1 rings (SSSR count). The lowest BCUT2D eigenvalue weighted by molar-refractivity contribution is -0.385. The molecule has 7 heteroatoms. The van der Waals surface area contributed by atoms with Crippen LogP contribution in [0.25, 0.3) is 0 Å². The fraction of sp³-hybridized carbons (Fsp3) is 0.500. The van der Waals surface area contributed by atoms with Crippen LogP contribution in [-0.4, -0.2) is 28.6 Å². The molecule has 1 aromatic rings. The molecule has 116 valence electrons. The first-order valence-corrected chi connectivity index (χ1v) is 6.91. The first kappa shape index (κ1) is 17.4. The summed E-state index contributed by atoms with van der Waals surface area (Å²) in [5.41, 5.74) is -0.790. The van der Waals surface area contributed by atoms with Crippen molar-refractivity contribution in [2.24, 2.45) is 5.41 Å². The molecule has 0 aliphatic heterocycles. The van der Waals surface area contributed by atoms with Crippen molar-refractivity contribution in [2.45, 2.75) is 33.2 Å². The van der Waals surface area contributed by atoms with Crippen LogP contribution in [0.2, 0.25) is 5.02 Å². The molecular weight excluding hydrogens is 296 g/mol. The van der Waals surface area contributed by atoms with Gasteiger partial charge in [0.25, 0.3) is 11.6 Å². The Bertz CT molecular complexity index is 540. The highest BCUT2D eigenvalue weighted by Gasteiger charge is 2.30. The van der Waals surface area contributed by atoms with Crippen molar-refractivity contribution in [1.29, 1.82) is 0 Å². The predicted octanol–water partition coefficient (Wildman–Crippen LogP) is 2.78. The summed E-state index contributed by atoms with van der Waals surface area (Å²) in [6, 6.07) is 3.76. The van der Waals surface area contributed by atoms with E-state index < -0.39 is 10.8 Å². The van der Waals surface area contributed by atoms with Crippen LogP contribution in [0.3, 0.4) is 0 Å². The van der Waals surface area contributed by atoms with Gasteiger partial charge in [-0.15, -0.1) is 0 Å². The second-order valence-electron chi connectivity index (χ2n) is 5.80. The van der Waals surface area contributed by atoms with Gasteiger partial charge in [-0.3, -0.25) is 14.9 Å². The highest BCUT2D eigenvalue weighted by Crippen LogP contribution is 2.28. The maximum Gasteiger partial charge on any atom is 0.283 e. The number of amides is 1. The van der Waals surface area contributed by atoms with Crippen LogP contribution >= 0.6 is 11.6 Å². The number of aliphatic hydroxyl groups is 1. The minimum Gasteiger partial charge on any atom is -0.396 e. The Morgan fingerprint density at radius 1 is 1.48 bits per heavy atom. The molecule has 0 fully saturated rings. The summed E-state index contributed by atoms with van der Waals surface area (Å²) in [4.78, 5) is 22.7. The molecule has 0 aliphatic rings. The van der Waals surface area contributed by atoms with Gasteiger partial charge in [0, 0.05) is 18.7 Å². The zero-order valence-electron chi connectivity index (χ0n) is 12.2. The summed E-state index contributed by atoms with van der Waals surface area (Å²) in [5, 5.41) is 22.9. The zero-order chi connectivity index (χ0) is 16.2. The fourth-order valence-electron chi connectivity index (χ4n) is 1.97. The van der Waals surface area contributed by atoms with Gasteiger partial charge in [0.05, 0.1) is 9.95 Å². The van der Waals surface area contributed by atoms with Crippen molar-refractivity contribution in [1.82, 2.24) is 5.32 Å². The molecule has 0 bridgehead atoms. The van der Waals surface area contributed by atoms with E-state index in [1.165, 1.54) is 18.2 Å². The Balaban J connectivity index is 3.11. The molecule has 0 aromatic heterocycles. The molecule has 0 aliphatic carbocycles. The van der Waals surface area contributed by atoms with E-state index in [0.29, 0.717) is 6.42 Å². The lowest BCUT2D eigenvalue weighted by atomic mass is 9.84. The standard InChI is InChI=1S/C14H19ClN2O4/c1-14(2,3)11(7-8-18)16-13(19)12-9(15)5-4-6-10(12)17(20)21/h4-6,11,18H,7-8H2,1-3H3,(H,16,19). The second-order valence-corrected chi connectivity index (χ2v) is 6.20. The number of hydrogen-bond acceptors (Lipinski definition) is 4. The molecule has 6 nitrogen and oxygen atoms in total. The Labute approximate surface area is 128 Å². The zero-order valence-corrected chi connectivity index (χ0v) is 13.0. The van der Waals surface area contributed by atoms with E-state index in [1.807, 2.05) is 20.8 Å². The van der Waals surface area contributed by atoms with Gasteiger partial charge in [-0.1, -0.05) is 38.4 Å². The van der Waals surface area contributed by atoms with Gasteiger partial charge < -0.3 is 10.4 Å². The van der Waals surface area contributed by atoms with Gasteiger partial charge in [0.15, 0.2) is 0 Å². The Hall–Kier alpha value is -1.66. The first-order valence-electron chi connectivity index (χ1n) is 6.53. The van der Waals surface area contributed by atoms with E-state index in [-0.39, 0.29) is 34.3 Å². The van der Waals surface area contributed by atoms with E-state index in [0.717, 1.165) is 0 Å². The molecule has 2 N–H and O–H groups in total. The summed E-state index contributed by atoms with van der Waals surface area (Å²) < 4.78 is 0. The van der Waals surface area contributed by atoms with Gasteiger partial charge in [-0.05, 0) is 17.9 Å². The molecular formula is C14H19ClN2O4. The van der Waals surface area contributed by atoms with Crippen LogP contribution in [-0.2, 0) is 0 Å². The van der Waals surface area contributed by atoms with Gasteiger partial charge in [0.2, 0.25) is 0 Å². The molecule has 1 aromatic carbocycles. The van der Waals surface area contributed by atoms with E-state index in [2.05, 4.69) is 5.32 Å². The van der Waals surface area contributed by atoms with E-state index >= 15 is 0 Å². The molecule has 1 unspecified atom stereocenters. The molecule has 1 atom stereocenters. The molecule has 0 saturated carbocycles. The lowest BCUT2D eigenvalue weighted by Gasteiger charge is -2.31. The summed E-state index contributed by atoms with van der Waals surface area (Å²) in [5.74, 6) is -0.610. The molecule has 1 amide bonds. The minimum atomic E-state index is -0.640. The van der Waals surface area contributed by atoms with Crippen molar-refractivity contribution in [3.8, 4) is 0 Å². The van der Waals surface area contributed by atoms with Crippen LogP contribution in [0.4, 0.5) is 5.69 Å². The van der Waals surface area contributed by atoms with Gasteiger partial charge >= 0.3 is 0 Å². The molecule has 21 heavy (non-hydrogen) atoms. The topological polar surface area (TPSA) is 92.5 Å². The maximum atomic E-state index is 12.3. The average molecular weight is 315 g/mol. The van der Waals surface area contributed by atoms with Crippen LogP contribution < -0.4 is 5.32 Å². The second kappa shape index (κ2) is 6.87. The highest BCUT2D eigenvalue weighted by atomic mass is 35.5. The van der Waals surface area contributed by atoms with E-state index in [9.17, 15) is 14.9 Å². The summed E-state index contributed by atoms with van der Waals surface area (Å²) >= 11 is 5.93. The Kier molecular flexibility index (Phi) is 5.69. The number of aliphatic hydroxyl groups excluding tert-OH is 1. The summed E-state index contributed by atoms with van der Waals surface area (Å²) in [6.45, 7) is 5.64. The predicted molar refractivity (Wildman–Crippen MR) is 80.5 cm³/mol. The van der Waals surface area contributed by atoms with Crippen molar-refractivity contribution < 1.29 is 14.8 Å². The van der Waals surface area contributed by atoms with Gasteiger partial charge in [-0.2, -0.15) is 0 Å². The van der Waals surface area contributed by atoms with Crippen molar-refractivity contribution in [3.63, 3.8) is 0 Å². The summed E-state index contributed by atoms with van der Waals surface area (Å²) in [6.07, 6.45) is 0.355. The van der Waals surface area contributed by atoms with Crippen LogP contribution in [0.5, 0.6) is 0 Å². The number of nitrogens with one attached hydrogen (secondary N) is 1. The molecule has 0 saturated heterocycles. The number of carbonyl (C=O) groups excluding carboxylic acids is 1. The monoisotopic (exact) mass is 314 g/mol. The number of benzene rings is 1. The average Bonchev–Trinajstić information content (AvgIpc) is 2.36. The number of carbonyl (C=O) groups is 1. The van der Waals surface area contributed by atoms with Crippen LogP contribution in [0, 0.1) is 15.5 Å². The Morgan fingerprint density at radius 3 is 2.57 bits per heavy atom. The number of hydrogen-bond donors (Lipinski definition) is 2. The van der Waals surface area contributed by atoms with Crippen LogP contribution in [0.1, 0.15) is 37.6 Å². The number of rotatable bonds is 5. The third-order valence-corrected chi connectivity index (χ3v) is 3.50. The minimum absolute atomic E-state index is 0.0263.